The summed E-state index contributed by atoms with van der Waals surface area (Å²) < 4.78 is 1.87. The van der Waals surface area contributed by atoms with Crippen LogP contribution in [0.4, 0.5) is 0 Å². The molecule has 78 valence electrons. The molecule has 0 spiro atoms. The van der Waals surface area contributed by atoms with Gasteiger partial charge in [-0.25, -0.2) is 0 Å². The van der Waals surface area contributed by atoms with Crippen molar-refractivity contribution in [3.05, 3.63) is 18.0 Å². The molecule has 0 radical (unpaired) electrons. The van der Waals surface area contributed by atoms with E-state index in [0.29, 0.717) is 0 Å². The van der Waals surface area contributed by atoms with E-state index in [1.165, 1.54) is 31.6 Å². The summed E-state index contributed by atoms with van der Waals surface area (Å²) in [7, 11) is 1.97. The predicted octanol–water partition coefficient (Wildman–Crippen LogP) is 1.78. The molecular formula is C10H16BrN3. The van der Waals surface area contributed by atoms with Crippen LogP contribution in [0.2, 0.25) is 0 Å². The van der Waals surface area contributed by atoms with E-state index in [1.807, 2.05) is 17.9 Å². The van der Waals surface area contributed by atoms with Crippen molar-refractivity contribution in [1.82, 2.24) is 14.7 Å². The molecule has 0 atom stereocenters. The smallest absolute Gasteiger partial charge is 0.0764 e. The zero-order valence-electron chi connectivity index (χ0n) is 8.49. The molecule has 3 nitrogen and oxygen atoms in total. The summed E-state index contributed by atoms with van der Waals surface area (Å²) >= 11 is 3.66. The molecule has 0 N–H and O–H groups in total. The molecule has 1 aromatic rings. The fourth-order valence-corrected chi connectivity index (χ4v) is 2.25. The SMILES string of the molecule is Cn1ccc(CN2CCC(Br)CC2)n1. The van der Waals surface area contributed by atoms with Crippen LogP contribution in [0.15, 0.2) is 12.3 Å². The summed E-state index contributed by atoms with van der Waals surface area (Å²) in [5.41, 5.74) is 1.18. The third-order valence-electron chi connectivity index (χ3n) is 2.67. The Kier molecular flexibility index (Phi) is 3.23. The molecule has 2 rings (SSSR count). The molecule has 1 saturated heterocycles. The number of hydrogen-bond acceptors (Lipinski definition) is 2. The average Bonchev–Trinajstić information content (AvgIpc) is 2.56. The molecule has 0 unspecified atom stereocenters. The average molecular weight is 258 g/mol. The molecule has 1 aliphatic rings. The number of aryl methyl sites for hydroxylation is 1. The Morgan fingerprint density at radius 3 is 2.79 bits per heavy atom. The molecule has 2 heterocycles. The molecule has 4 heteroatoms. The van der Waals surface area contributed by atoms with Crippen molar-refractivity contribution in [1.29, 1.82) is 0 Å². The zero-order valence-corrected chi connectivity index (χ0v) is 10.1. The zero-order chi connectivity index (χ0) is 9.97. The molecule has 14 heavy (non-hydrogen) atoms. The van der Waals surface area contributed by atoms with Gasteiger partial charge in [-0.2, -0.15) is 5.10 Å². The summed E-state index contributed by atoms with van der Waals surface area (Å²) in [4.78, 5) is 3.20. The van der Waals surface area contributed by atoms with E-state index in [0.717, 1.165) is 11.4 Å². The van der Waals surface area contributed by atoms with Gasteiger partial charge in [-0.1, -0.05) is 15.9 Å². The van der Waals surface area contributed by atoms with Gasteiger partial charge in [0, 0.05) is 24.6 Å². The van der Waals surface area contributed by atoms with Gasteiger partial charge in [0.15, 0.2) is 0 Å². The molecule has 0 saturated carbocycles. The molecule has 1 fully saturated rings. The summed E-state index contributed by atoms with van der Waals surface area (Å²) in [6.45, 7) is 3.37. The van der Waals surface area contributed by atoms with Crippen LogP contribution >= 0.6 is 15.9 Å². The lowest BCUT2D eigenvalue weighted by Gasteiger charge is -2.28. The molecular weight excluding hydrogens is 242 g/mol. The Labute approximate surface area is 93.2 Å². The number of halogens is 1. The minimum atomic E-state index is 0.725. The van der Waals surface area contributed by atoms with Crippen LogP contribution in [-0.2, 0) is 13.6 Å². The van der Waals surface area contributed by atoms with E-state index in [1.54, 1.807) is 0 Å². The van der Waals surface area contributed by atoms with Crippen molar-refractivity contribution >= 4 is 15.9 Å². The Morgan fingerprint density at radius 2 is 2.21 bits per heavy atom. The van der Waals surface area contributed by atoms with Gasteiger partial charge in [0.2, 0.25) is 0 Å². The Morgan fingerprint density at radius 1 is 1.50 bits per heavy atom. The van der Waals surface area contributed by atoms with Crippen LogP contribution in [-0.4, -0.2) is 32.6 Å². The second-order valence-corrected chi connectivity index (χ2v) is 5.23. The van der Waals surface area contributed by atoms with Crippen molar-refractivity contribution in [2.75, 3.05) is 13.1 Å². The van der Waals surface area contributed by atoms with Crippen LogP contribution in [0.25, 0.3) is 0 Å². The lowest BCUT2D eigenvalue weighted by molar-refractivity contribution is 0.223. The van der Waals surface area contributed by atoms with E-state index < -0.39 is 0 Å². The normalized spacial score (nSPS) is 20.1. The third kappa shape index (κ3) is 2.58. The Bertz CT molecular complexity index is 289. The largest absolute Gasteiger partial charge is 0.297 e. The molecule has 0 aliphatic carbocycles. The van der Waals surface area contributed by atoms with E-state index in [9.17, 15) is 0 Å². The van der Waals surface area contributed by atoms with Gasteiger partial charge in [-0.15, -0.1) is 0 Å². The van der Waals surface area contributed by atoms with E-state index in [-0.39, 0.29) is 0 Å². The number of likely N-dealkylation sites (tertiary alicyclic amines) is 1. The number of piperidine rings is 1. The Hall–Kier alpha value is -0.350. The molecule has 0 aromatic carbocycles. The van der Waals surface area contributed by atoms with E-state index >= 15 is 0 Å². The predicted molar refractivity (Wildman–Crippen MR) is 60.4 cm³/mol. The lowest BCUT2D eigenvalue weighted by atomic mass is 10.1. The number of nitrogens with zero attached hydrogens (tertiary/aromatic N) is 3. The van der Waals surface area contributed by atoms with Gasteiger partial charge in [0.05, 0.1) is 5.69 Å². The maximum absolute atomic E-state index is 4.39. The van der Waals surface area contributed by atoms with Gasteiger partial charge in [-0.3, -0.25) is 9.58 Å². The number of rotatable bonds is 2. The molecule has 1 aliphatic heterocycles. The van der Waals surface area contributed by atoms with Gasteiger partial charge in [0.25, 0.3) is 0 Å². The third-order valence-corrected chi connectivity index (χ3v) is 3.59. The van der Waals surface area contributed by atoms with Crippen molar-refractivity contribution in [3.63, 3.8) is 0 Å². The van der Waals surface area contributed by atoms with Crippen LogP contribution in [0.3, 0.4) is 0 Å². The topological polar surface area (TPSA) is 21.1 Å². The first-order chi connectivity index (χ1) is 6.74. The quantitative estimate of drug-likeness (QED) is 0.754. The van der Waals surface area contributed by atoms with E-state index in [4.69, 9.17) is 0 Å². The van der Waals surface area contributed by atoms with Crippen molar-refractivity contribution in [2.45, 2.75) is 24.2 Å². The monoisotopic (exact) mass is 257 g/mol. The fraction of sp³-hybridized carbons (Fsp3) is 0.700. The second kappa shape index (κ2) is 4.45. The summed E-state index contributed by atoms with van der Waals surface area (Å²) in [5, 5.41) is 4.39. The first kappa shape index (κ1) is 10.2. The van der Waals surface area contributed by atoms with Crippen molar-refractivity contribution in [2.24, 2.45) is 7.05 Å². The maximum Gasteiger partial charge on any atom is 0.0764 e. The Balaban J connectivity index is 1.86. The van der Waals surface area contributed by atoms with E-state index in [2.05, 4.69) is 32.0 Å². The number of aromatic nitrogens is 2. The van der Waals surface area contributed by atoms with Crippen LogP contribution in [0.5, 0.6) is 0 Å². The maximum atomic E-state index is 4.39. The van der Waals surface area contributed by atoms with Gasteiger partial charge < -0.3 is 0 Å². The van der Waals surface area contributed by atoms with Crippen molar-refractivity contribution < 1.29 is 0 Å². The van der Waals surface area contributed by atoms with Gasteiger partial charge in [-0.05, 0) is 32.0 Å². The highest BCUT2D eigenvalue weighted by molar-refractivity contribution is 9.09. The van der Waals surface area contributed by atoms with Crippen molar-refractivity contribution in [3.8, 4) is 0 Å². The van der Waals surface area contributed by atoms with Crippen LogP contribution < -0.4 is 0 Å². The molecule has 0 bridgehead atoms. The lowest BCUT2D eigenvalue weighted by Crippen LogP contribution is -2.33. The molecule has 1 aromatic heterocycles. The highest BCUT2D eigenvalue weighted by atomic mass is 79.9. The van der Waals surface area contributed by atoms with Crippen LogP contribution in [0, 0.1) is 0 Å². The minimum absolute atomic E-state index is 0.725. The van der Waals surface area contributed by atoms with Gasteiger partial charge in [0.1, 0.15) is 0 Å². The standard InChI is InChI=1S/C10H16BrN3/c1-13-5-4-10(12-13)8-14-6-2-9(11)3-7-14/h4-5,9H,2-3,6-8H2,1H3. The number of hydrogen-bond donors (Lipinski definition) is 0. The summed E-state index contributed by atoms with van der Waals surface area (Å²) in [5.74, 6) is 0. The fourth-order valence-electron chi connectivity index (χ4n) is 1.84. The first-order valence-electron chi connectivity index (χ1n) is 5.09. The second-order valence-electron chi connectivity index (χ2n) is 3.93. The highest BCUT2D eigenvalue weighted by Crippen LogP contribution is 2.18. The highest BCUT2D eigenvalue weighted by Gasteiger charge is 2.17. The summed E-state index contributed by atoms with van der Waals surface area (Å²) in [6, 6.07) is 2.10. The minimum Gasteiger partial charge on any atom is -0.297 e. The first-order valence-corrected chi connectivity index (χ1v) is 6.00. The van der Waals surface area contributed by atoms with Gasteiger partial charge >= 0.3 is 0 Å². The molecule has 0 amide bonds. The number of alkyl halides is 1. The summed E-state index contributed by atoms with van der Waals surface area (Å²) in [6.07, 6.45) is 4.52. The van der Waals surface area contributed by atoms with Crippen LogP contribution in [0.1, 0.15) is 18.5 Å².